The Kier molecular flexibility index (Phi) is 3.51. The minimum absolute atomic E-state index is 0.129. The number of carbonyl (C=O) groups excluding carboxylic acids is 2. The zero-order valence-corrected chi connectivity index (χ0v) is 11.3. The highest BCUT2D eigenvalue weighted by Gasteiger charge is 2.30. The molecule has 7 nitrogen and oxygen atoms in total. The first-order valence-corrected chi connectivity index (χ1v) is 5.73. The number of nitrogens with zero attached hydrogens (tertiary/aromatic N) is 1. The van der Waals surface area contributed by atoms with Gasteiger partial charge >= 0.3 is 6.03 Å². The molecule has 0 radical (unpaired) electrons. The van der Waals surface area contributed by atoms with Crippen LogP contribution in [0.25, 0.3) is 6.08 Å². The number of likely N-dealkylation sites (N-methyl/N-ethyl adjacent to an activating group) is 1. The molecule has 0 spiro atoms. The largest absolute Gasteiger partial charge is 0.502 e. The van der Waals surface area contributed by atoms with Gasteiger partial charge in [0.05, 0.1) is 14.2 Å². The molecule has 1 aromatic carbocycles. The molecule has 0 aliphatic carbocycles. The monoisotopic (exact) mass is 278 g/mol. The first kappa shape index (κ1) is 13.7. The van der Waals surface area contributed by atoms with Crippen molar-refractivity contribution in [3.63, 3.8) is 0 Å². The van der Waals surface area contributed by atoms with Crippen molar-refractivity contribution in [1.82, 2.24) is 10.2 Å². The molecule has 1 aliphatic heterocycles. The smallest absolute Gasteiger partial charge is 0.328 e. The van der Waals surface area contributed by atoms with Crippen LogP contribution in [0.15, 0.2) is 17.8 Å². The van der Waals surface area contributed by atoms with Crippen LogP contribution >= 0.6 is 0 Å². The predicted molar refractivity (Wildman–Crippen MR) is 70.5 cm³/mol. The van der Waals surface area contributed by atoms with Gasteiger partial charge in [0.15, 0.2) is 11.5 Å². The molecular formula is C13H14N2O5. The van der Waals surface area contributed by atoms with Crippen molar-refractivity contribution in [2.45, 2.75) is 0 Å². The van der Waals surface area contributed by atoms with E-state index < -0.39 is 11.9 Å². The number of urea groups is 1. The molecule has 0 aromatic heterocycles. The lowest BCUT2D eigenvalue weighted by Gasteiger charge is -2.09. The fraction of sp³-hybridized carbons (Fsp3) is 0.231. The number of nitrogens with one attached hydrogen (secondary N) is 1. The Labute approximate surface area is 115 Å². The van der Waals surface area contributed by atoms with E-state index in [0.717, 1.165) is 4.90 Å². The highest BCUT2D eigenvalue weighted by atomic mass is 16.5. The van der Waals surface area contributed by atoms with Gasteiger partial charge in [-0.25, -0.2) is 4.79 Å². The second kappa shape index (κ2) is 5.12. The maximum Gasteiger partial charge on any atom is 0.328 e. The van der Waals surface area contributed by atoms with E-state index in [1.54, 1.807) is 0 Å². The zero-order chi connectivity index (χ0) is 14.9. The fourth-order valence-corrected chi connectivity index (χ4v) is 1.79. The number of ether oxygens (including phenoxy) is 2. The van der Waals surface area contributed by atoms with Crippen LogP contribution in [0.3, 0.4) is 0 Å². The summed E-state index contributed by atoms with van der Waals surface area (Å²) in [6.07, 6.45) is 1.48. The number of phenolic OH excluding ortho intramolecular Hbond substituents is 1. The van der Waals surface area contributed by atoms with Crippen LogP contribution in [0, 0.1) is 0 Å². The number of benzene rings is 1. The summed E-state index contributed by atoms with van der Waals surface area (Å²) in [5.41, 5.74) is 0.697. The maximum absolute atomic E-state index is 11.8. The molecule has 0 unspecified atom stereocenters. The van der Waals surface area contributed by atoms with Crippen molar-refractivity contribution in [3.8, 4) is 17.2 Å². The Morgan fingerprint density at radius 2 is 1.75 bits per heavy atom. The molecule has 2 N–H and O–H groups in total. The van der Waals surface area contributed by atoms with Gasteiger partial charge in [0, 0.05) is 7.05 Å². The third-order valence-electron chi connectivity index (χ3n) is 2.89. The molecular weight excluding hydrogens is 264 g/mol. The normalized spacial score (nSPS) is 16.6. The van der Waals surface area contributed by atoms with Gasteiger partial charge in [0.25, 0.3) is 5.91 Å². The summed E-state index contributed by atoms with van der Waals surface area (Å²) in [5.74, 6) is -0.139. The lowest BCUT2D eigenvalue weighted by atomic mass is 10.1. The van der Waals surface area contributed by atoms with Crippen LogP contribution in [0.1, 0.15) is 5.56 Å². The van der Waals surface area contributed by atoms with Gasteiger partial charge in [-0.3, -0.25) is 9.69 Å². The molecule has 1 aliphatic rings. The van der Waals surface area contributed by atoms with Gasteiger partial charge < -0.3 is 19.9 Å². The average Bonchev–Trinajstić information content (AvgIpc) is 2.68. The highest BCUT2D eigenvalue weighted by Crippen LogP contribution is 2.37. The van der Waals surface area contributed by atoms with E-state index in [4.69, 9.17) is 9.47 Å². The number of amides is 3. The number of hydrogen-bond acceptors (Lipinski definition) is 5. The molecule has 7 heteroatoms. The summed E-state index contributed by atoms with van der Waals surface area (Å²) >= 11 is 0. The van der Waals surface area contributed by atoms with E-state index in [-0.39, 0.29) is 22.9 Å². The van der Waals surface area contributed by atoms with Crippen molar-refractivity contribution in [3.05, 3.63) is 23.4 Å². The molecule has 1 fully saturated rings. The Morgan fingerprint density at radius 3 is 2.15 bits per heavy atom. The number of imide groups is 1. The lowest BCUT2D eigenvalue weighted by Crippen LogP contribution is -2.25. The van der Waals surface area contributed by atoms with Crippen molar-refractivity contribution < 1.29 is 24.2 Å². The van der Waals surface area contributed by atoms with Gasteiger partial charge in [-0.05, 0) is 23.8 Å². The van der Waals surface area contributed by atoms with Gasteiger partial charge in [-0.15, -0.1) is 0 Å². The van der Waals surface area contributed by atoms with Crippen molar-refractivity contribution in [2.24, 2.45) is 0 Å². The molecule has 20 heavy (non-hydrogen) atoms. The van der Waals surface area contributed by atoms with E-state index >= 15 is 0 Å². The topological polar surface area (TPSA) is 88.1 Å². The van der Waals surface area contributed by atoms with E-state index in [9.17, 15) is 14.7 Å². The van der Waals surface area contributed by atoms with Crippen molar-refractivity contribution in [2.75, 3.05) is 21.3 Å². The summed E-state index contributed by atoms with van der Waals surface area (Å²) in [4.78, 5) is 24.1. The van der Waals surface area contributed by atoms with Gasteiger partial charge in [-0.2, -0.15) is 0 Å². The molecule has 1 saturated heterocycles. The van der Waals surface area contributed by atoms with E-state index in [0.29, 0.717) is 5.56 Å². The molecule has 0 saturated carbocycles. The minimum Gasteiger partial charge on any atom is -0.502 e. The first-order valence-electron chi connectivity index (χ1n) is 5.73. The second-order valence-electron chi connectivity index (χ2n) is 4.13. The molecule has 1 heterocycles. The highest BCUT2D eigenvalue weighted by molar-refractivity contribution is 6.13. The standard InChI is InChI=1S/C13H14N2O5/c1-15-12(17)8(14-13(15)18)4-7-5-9(19-2)11(16)10(6-7)20-3/h4-6,16H,1-3H3,(H,14,18). The van der Waals surface area contributed by atoms with Crippen LogP contribution in [-0.2, 0) is 4.79 Å². The average molecular weight is 278 g/mol. The van der Waals surface area contributed by atoms with E-state index in [1.165, 1.54) is 39.5 Å². The van der Waals surface area contributed by atoms with Crippen LogP contribution in [0.4, 0.5) is 4.79 Å². The summed E-state index contributed by atoms with van der Waals surface area (Å²) < 4.78 is 10.0. The fourth-order valence-electron chi connectivity index (χ4n) is 1.79. The van der Waals surface area contributed by atoms with Crippen LogP contribution in [-0.4, -0.2) is 43.2 Å². The molecule has 1 aromatic rings. The van der Waals surface area contributed by atoms with Crippen molar-refractivity contribution >= 4 is 18.0 Å². The molecule has 0 bridgehead atoms. The summed E-state index contributed by atoms with van der Waals surface area (Å²) in [7, 11) is 4.19. The van der Waals surface area contributed by atoms with Gasteiger partial charge in [0.2, 0.25) is 5.75 Å². The maximum atomic E-state index is 11.8. The summed E-state index contributed by atoms with van der Waals surface area (Å²) in [6.45, 7) is 0. The Hall–Kier alpha value is -2.70. The Balaban J connectivity index is 2.44. The molecule has 0 atom stereocenters. The molecule has 106 valence electrons. The first-order chi connectivity index (χ1) is 9.47. The second-order valence-corrected chi connectivity index (χ2v) is 4.13. The SMILES string of the molecule is COc1cc(C=C2NC(=O)N(C)C2=O)cc(OC)c1O. The number of carbonyl (C=O) groups is 2. The van der Waals surface area contributed by atoms with Gasteiger partial charge in [0.1, 0.15) is 5.70 Å². The zero-order valence-electron chi connectivity index (χ0n) is 11.3. The van der Waals surface area contributed by atoms with Crippen LogP contribution < -0.4 is 14.8 Å². The third-order valence-corrected chi connectivity index (χ3v) is 2.89. The van der Waals surface area contributed by atoms with Gasteiger partial charge in [-0.1, -0.05) is 0 Å². The number of aromatic hydroxyl groups is 1. The Morgan fingerprint density at radius 1 is 1.20 bits per heavy atom. The Bertz CT molecular complexity index is 584. The van der Waals surface area contributed by atoms with Crippen molar-refractivity contribution in [1.29, 1.82) is 0 Å². The van der Waals surface area contributed by atoms with Crippen LogP contribution in [0.5, 0.6) is 17.2 Å². The number of rotatable bonds is 3. The van der Waals surface area contributed by atoms with Crippen LogP contribution in [0.2, 0.25) is 0 Å². The molecule has 3 amide bonds. The number of methoxy groups -OCH3 is 2. The van der Waals surface area contributed by atoms with E-state index in [1.807, 2.05) is 0 Å². The number of hydrogen-bond donors (Lipinski definition) is 2. The minimum atomic E-state index is -0.487. The molecule has 2 rings (SSSR count). The predicted octanol–water partition coefficient (Wildman–Crippen LogP) is 0.932. The quantitative estimate of drug-likeness (QED) is 0.634. The van der Waals surface area contributed by atoms with E-state index in [2.05, 4.69) is 5.32 Å². The third kappa shape index (κ3) is 2.25. The lowest BCUT2D eigenvalue weighted by molar-refractivity contribution is -0.121. The summed E-state index contributed by atoms with van der Waals surface area (Å²) in [6, 6.07) is 2.57. The summed E-state index contributed by atoms with van der Waals surface area (Å²) in [5, 5.41) is 12.2. The number of phenols is 1.